The molecule has 0 aliphatic carbocycles. The summed E-state index contributed by atoms with van der Waals surface area (Å²) in [6.07, 6.45) is 4.10. The summed E-state index contributed by atoms with van der Waals surface area (Å²) in [7, 11) is 0. The lowest BCUT2D eigenvalue weighted by atomic mass is 9.86. The van der Waals surface area contributed by atoms with Crippen LogP contribution < -0.4 is 0 Å². The Balaban J connectivity index is 1.89. The highest BCUT2D eigenvalue weighted by atomic mass is 16.5. The maximum atomic E-state index is 4.82. The van der Waals surface area contributed by atoms with Crippen LogP contribution in [0, 0.1) is 0 Å². The molecular weight excluding hydrogens is 306 g/mol. The monoisotopic (exact) mass is 326 g/mol. The van der Waals surface area contributed by atoms with Gasteiger partial charge in [-0.25, -0.2) is 0 Å². The van der Waals surface area contributed by atoms with Gasteiger partial charge in [0.05, 0.1) is 16.8 Å². The fraction of sp³-hybridized carbons (Fsp3) is 0.0870. The first-order valence-corrected chi connectivity index (χ1v) is 8.52. The molecule has 1 N–H and O–H groups in total. The van der Waals surface area contributed by atoms with Gasteiger partial charge in [-0.1, -0.05) is 54.6 Å². The molecule has 1 aliphatic heterocycles. The van der Waals surface area contributed by atoms with Gasteiger partial charge >= 0.3 is 0 Å². The minimum Gasteiger partial charge on any atom is -0.546 e. The number of hydrogen-bond donors (Lipinski definition) is 0. The quantitative estimate of drug-likeness (QED) is 0.422. The average Bonchev–Trinajstić information content (AvgIpc) is 2.68. The number of benzene rings is 3. The van der Waals surface area contributed by atoms with Gasteiger partial charge in [-0.15, -0.1) is 0 Å². The maximum Gasteiger partial charge on any atom is 0.264 e. The summed E-state index contributed by atoms with van der Waals surface area (Å²) in [5, 5.41) is 0. The molecule has 1 aliphatic rings. The van der Waals surface area contributed by atoms with Crippen molar-refractivity contribution in [2.45, 2.75) is 12.8 Å². The SMILES string of the molecule is CC=N/C(=C\C1c2ccccc2[OH+]c2ccccc21)c1ccccc1. The van der Waals surface area contributed by atoms with E-state index >= 15 is 0 Å². The molecule has 0 bridgehead atoms. The molecule has 2 heteroatoms. The topological polar surface area (TPSA) is 25.2 Å². The third-order valence-corrected chi connectivity index (χ3v) is 4.45. The lowest BCUT2D eigenvalue weighted by Gasteiger charge is -2.23. The second-order valence-corrected chi connectivity index (χ2v) is 6.01. The Labute approximate surface area is 148 Å². The molecule has 0 amide bonds. The maximum absolute atomic E-state index is 4.82. The molecule has 0 saturated carbocycles. The van der Waals surface area contributed by atoms with Crippen LogP contribution in [0.2, 0.25) is 0 Å². The molecule has 0 aromatic heterocycles. The minimum atomic E-state index is 0.142. The van der Waals surface area contributed by atoms with Crippen LogP contribution in [0.3, 0.4) is 0 Å². The Kier molecular flexibility index (Phi) is 4.17. The number of rotatable bonds is 3. The van der Waals surface area contributed by atoms with Crippen molar-refractivity contribution in [2.75, 3.05) is 0 Å². The zero-order chi connectivity index (χ0) is 17.1. The van der Waals surface area contributed by atoms with E-state index < -0.39 is 0 Å². The fourth-order valence-corrected chi connectivity index (χ4v) is 3.30. The summed E-state index contributed by atoms with van der Waals surface area (Å²) in [4.78, 5) is 4.64. The number of aromatic hydroxyl groups is 2. The molecule has 3 aromatic carbocycles. The van der Waals surface area contributed by atoms with Gasteiger partial charge in [-0.05, 0) is 30.7 Å². The van der Waals surface area contributed by atoms with Crippen LogP contribution in [0.5, 0.6) is 11.5 Å². The average molecular weight is 326 g/mol. The van der Waals surface area contributed by atoms with Gasteiger partial charge in [-0.2, -0.15) is 0 Å². The lowest BCUT2D eigenvalue weighted by molar-refractivity contribution is 0.185. The molecule has 0 spiro atoms. The van der Waals surface area contributed by atoms with E-state index in [1.807, 2.05) is 43.5 Å². The van der Waals surface area contributed by atoms with Crippen molar-refractivity contribution in [3.8, 4) is 11.5 Å². The Bertz CT molecular complexity index is 896. The van der Waals surface area contributed by atoms with Crippen LogP contribution in [-0.4, -0.2) is 11.0 Å². The third-order valence-electron chi connectivity index (χ3n) is 4.45. The molecule has 0 radical (unpaired) electrons. The van der Waals surface area contributed by atoms with E-state index in [1.54, 1.807) is 0 Å². The molecule has 2 nitrogen and oxygen atoms in total. The first-order chi connectivity index (χ1) is 12.4. The number of fused-ring (bicyclic) bond motifs is 2. The molecule has 25 heavy (non-hydrogen) atoms. The molecule has 0 unspecified atom stereocenters. The Morgan fingerprint density at radius 2 is 1.36 bits per heavy atom. The van der Waals surface area contributed by atoms with Gasteiger partial charge in [0.2, 0.25) is 0 Å². The van der Waals surface area contributed by atoms with Gasteiger partial charge in [-0.3, -0.25) is 4.99 Å². The number of para-hydroxylation sites is 2. The van der Waals surface area contributed by atoms with Crippen molar-refractivity contribution in [3.05, 3.63) is 102 Å². The van der Waals surface area contributed by atoms with Crippen molar-refractivity contribution in [2.24, 2.45) is 4.99 Å². The molecule has 0 atom stereocenters. The first kappa shape index (κ1) is 15.4. The summed E-state index contributed by atoms with van der Waals surface area (Å²) < 4.78 is 4.82. The smallest absolute Gasteiger partial charge is 0.264 e. The van der Waals surface area contributed by atoms with Gasteiger partial charge in [0, 0.05) is 24.3 Å². The highest BCUT2D eigenvalue weighted by Gasteiger charge is 2.30. The first-order valence-electron chi connectivity index (χ1n) is 8.52. The Hall–Kier alpha value is -3.13. The second kappa shape index (κ2) is 6.78. The largest absolute Gasteiger partial charge is 0.546 e. The minimum absolute atomic E-state index is 0.142. The van der Waals surface area contributed by atoms with Crippen molar-refractivity contribution in [1.29, 1.82) is 0 Å². The Morgan fingerprint density at radius 1 is 0.800 bits per heavy atom. The predicted octanol–water partition coefficient (Wildman–Crippen LogP) is 5.92. The van der Waals surface area contributed by atoms with Gasteiger partial charge in [0.25, 0.3) is 11.5 Å². The molecular formula is C23H20NO+. The summed E-state index contributed by atoms with van der Waals surface area (Å²) in [6, 6.07) is 27.0. The standard InChI is InChI=1S/C23H19NO/c1-2-24-21(17-10-4-3-5-11-17)16-20-18-12-6-8-14-22(18)25-23-15-9-7-13-19(20)23/h2-16,20H,1H3/p+1/b21-16-,24-2?. The van der Waals surface area contributed by atoms with Crippen LogP contribution in [-0.2, 0) is 0 Å². The van der Waals surface area contributed by atoms with Gasteiger partial charge in [0.1, 0.15) is 0 Å². The highest BCUT2D eigenvalue weighted by Crippen LogP contribution is 2.46. The van der Waals surface area contributed by atoms with E-state index in [0.29, 0.717) is 0 Å². The lowest BCUT2D eigenvalue weighted by Crippen LogP contribution is -2.07. The fourth-order valence-electron chi connectivity index (χ4n) is 3.30. The second-order valence-electron chi connectivity index (χ2n) is 6.01. The molecule has 0 saturated heterocycles. The number of allylic oxidation sites excluding steroid dienone is 1. The van der Waals surface area contributed by atoms with E-state index in [2.05, 4.69) is 59.6 Å². The van der Waals surface area contributed by atoms with Crippen molar-refractivity contribution < 1.29 is 4.74 Å². The van der Waals surface area contributed by atoms with E-state index in [9.17, 15) is 0 Å². The van der Waals surface area contributed by atoms with Crippen LogP contribution in [0.1, 0.15) is 29.5 Å². The summed E-state index contributed by atoms with van der Waals surface area (Å²) >= 11 is 0. The normalized spacial score (nSPS) is 14.0. The Morgan fingerprint density at radius 3 is 1.96 bits per heavy atom. The van der Waals surface area contributed by atoms with Crippen LogP contribution in [0.15, 0.2) is 89.9 Å². The summed E-state index contributed by atoms with van der Waals surface area (Å²) in [5.41, 5.74) is 4.56. The van der Waals surface area contributed by atoms with Crippen LogP contribution in [0.4, 0.5) is 0 Å². The molecule has 122 valence electrons. The van der Waals surface area contributed by atoms with E-state index in [0.717, 1.165) is 22.8 Å². The molecule has 1 heterocycles. The van der Waals surface area contributed by atoms with E-state index in [-0.39, 0.29) is 5.92 Å². The van der Waals surface area contributed by atoms with Crippen molar-refractivity contribution in [1.82, 2.24) is 0 Å². The number of ether oxygens (including phenoxy) is 1. The van der Waals surface area contributed by atoms with Crippen molar-refractivity contribution in [3.63, 3.8) is 0 Å². The predicted molar refractivity (Wildman–Crippen MR) is 104 cm³/mol. The zero-order valence-electron chi connectivity index (χ0n) is 14.1. The van der Waals surface area contributed by atoms with Gasteiger partial charge in [0.15, 0.2) is 0 Å². The van der Waals surface area contributed by atoms with Crippen LogP contribution in [0.25, 0.3) is 5.70 Å². The highest BCUT2D eigenvalue weighted by molar-refractivity contribution is 5.74. The number of hydrogen-bond acceptors (Lipinski definition) is 1. The summed E-state index contributed by atoms with van der Waals surface area (Å²) in [5.74, 6) is 2.22. The van der Waals surface area contributed by atoms with Gasteiger partial charge < -0.3 is 4.74 Å². The van der Waals surface area contributed by atoms with Crippen LogP contribution >= 0.6 is 0 Å². The number of aliphatic imine (C=N–C) groups is 1. The van der Waals surface area contributed by atoms with Crippen molar-refractivity contribution >= 4 is 11.9 Å². The molecule has 4 rings (SSSR count). The zero-order valence-corrected chi connectivity index (χ0v) is 14.1. The summed E-state index contributed by atoms with van der Waals surface area (Å²) in [6.45, 7) is 1.95. The molecule has 3 aromatic rings. The number of nitrogens with zero attached hydrogens (tertiary/aromatic N) is 1. The van der Waals surface area contributed by atoms with E-state index in [4.69, 9.17) is 4.74 Å². The third kappa shape index (κ3) is 2.99. The van der Waals surface area contributed by atoms with E-state index in [1.165, 1.54) is 11.1 Å². The molecule has 0 fully saturated rings.